The van der Waals surface area contributed by atoms with Gasteiger partial charge < -0.3 is 5.11 Å². The highest BCUT2D eigenvalue weighted by atomic mass is 16.3. The standard InChI is InChI=1S/C20H24N2O/c1-19(2,3)15-10-12-16(13-11-15)21-14-22(20(4,5)23)18-9-7-6-8-17(18)21/h6-13,23H,1-5H3/q+2. The minimum Gasteiger partial charge on any atom is -0.334 e. The fraction of sp³-hybridized carbons (Fsp3) is 0.350. The Morgan fingerprint density at radius 2 is 1.39 bits per heavy atom. The third-order valence-electron chi connectivity index (χ3n) is 4.10. The Hall–Kier alpha value is -2.22. The van der Waals surface area contributed by atoms with Crippen LogP contribution in [0.3, 0.4) is 0 Å². The molecule has 0 bridgehead atoms. The van der Waals surface area contributed by atoms with Gasteiger partial charge in [-0.25, -0.2) is 0 Å². The molecule has 2 aromatic rings. The van der Waals surface area contributed by atoms with E-state index in [4.69, 9.17) is 0 Å². The SMILES string of the molecule is CC(C)(C)c1ccc([N+]2=C=[N+](C(C)(C)O)c3ccccc32)cc1. The molecule has 23 heavy (non-hydrogen) atoms. The summed E-state index contributed by atoms with van der Waals surface area (Å²) >= 11 is 0. The lowest BCUT2D eigenvalue weighted by Crippen LogP contribution is -2.31. The monoisotopic (exact) mass is 308 g/mol. The number of hydrogen-bond donors (Lipinski definition) is 1. The summed E-state index contributed by atoms with van der Waals surface area (Å²) in [7, 11) is 0. The van der Waals surface area contributed by atoms with Gasteiger partial charge in [0.1, 0.15) is 0 Å². The topological polar surface area (TPSA) is 26.2 Å². The Morgan fingerprint density at radius 1 is 0.826 bits per heavy atom. The Kier molecular flexibility index (Phi) is 3.51. The molecule has 1 aliphatic rings. The molecule has 1 N–H and O–H groups in total. The second-order valence-electron chi connectivity index (χ2n) is 7.55. The molecule has 118 valence electrons. The van der Waals surface area contributed by atoms with Crippen molar-refractivity contribution in [3.8, 4) is 0 Å². The van der Waals surface area contributed by atoms with Crippen LogP contribution in [0.25, 0.3) is 0 Å². The molecule has 0 amide bonds. The van der Waals surface area contributed by atoms with E-state index in [9.17, 15) is 5.11 Å². The van der Waals surface area contributed by atoms with Gasteiger partial charge in [0.2, 0.25) is 5.69 Å². The molecule has 0 fully saturated rings. The summed E-state index contributed by atoms with van der Waals surface area (Å²) in [5.41, 5.74) is 3.45. The maximum absolute atomic E-state index is 10.4. The van der Waals surface area contributed by atoms with E-state index in [1.54, 1.807) is 18.4 Å². The molecule has 0 saturated heterocycles. The molecule has 2 aromatic carbocycles. The zero-order chi connectivity index (χ0) is 16.8. The minimum atomic E-state index is -1.00. The predicted molar refractivity (Wildman–Crippen MR) is 94.3 cm³/mol. The minimum absolute atomic E-state index is 0.133. The maximum atomic E-state index is 10.4. The highest BCUT2D eigenvalue weighted by Gasteiger charge is 2.42. The van der Waals surface area contributed by atoms with Crippen molar-refractivity contribution in [3.63, 3.8) is 0 Å². The molecule has 1 heterocycles. The van der Waals surface area contributed by atoms with E-state index in [1.807, 2.05) is 28.8 Å². The predicted octanol–water partition coefficient (Wildman–Crippen LogP) is 4.38. The van der Waals surface area contributed by atoms with Gasteiger partial charge in [-0.05, 0) is 15.6 Å². The Bertz CT molecular complexity index is 812. The van der Waals surface area contributed by atoms with E-state index in [0.717, 1.165) is 17.1 Å². The van der Waals surface area contributed by atoms with Gasteiger partial charge in [0.25, 0.3) is 17.1 Å². The number of para-hydroxylation sites is 2. The molecule has 0 saturated carbocycles. The van der Waals surface area contributed by atoms with Gasteiger partial charge in [0.05, 0.1) is 0 Å². The first-order valence-corrected chi connectivity index (χ1v) is 7.96. The lowest BCUT2D eigenvalue weighted by atomic mass is 9.87. The van der Waals surface area contributed by atoms with Crippen LogP contribution in [0.4, 0.5) is 17.1 Å². The van der Waals surface area contributed by atoms with E-state index in [2.05, 4.69) is 51.0 Å². The van der Waals surface area contributed by atoms with Crippen molar-refractivity contribution in [2.24, 2.45) is 0 Å². The van der Waals surface area contributed by atoms with Crippen LogP contribution >= 0.6 is 0 Å². The third kappa shape index (κ3) is 2.86. The van der Waals surface area contributed by atoms with Crippen molar-refractivity contribution >= 4 is 23.1 Å². The summed E-state index contributed by atoms with van der Waals surface area (Å²) in [5.74, 6) is 0. The first kappa shape index (κ1) is 15.7. The summed E-state index contributed by atoms with van der Waals surface area (Å²) in [4.78, 5) is 0. The molecule has 1 aliphatic heterocycles. The quantitative estimate of drug-likeness (QED) is 0.819. The summed E-state index contributed by atoms with van der Waals surface area (Å²) in [5, 5.41) is 10.4. The van der Waals surface area contributed by atoms with E-state index in [1.165, 1.54) is 5.56 Å². The van der Waals surface area contributed by atoms with Crippen molar-refractivity contribution in [3.05, 3.63) is 54.1 Å². The van der Waals surface area contributed by atoms with Gasteiger partial charge in [-0.2, -0.15) is 0 Å². The van der Waals surface area contributed by atoms with Crippen LogP contribution in [0.2, 0.25) is 0 Å². The number of aliphatic hydroxyl groups is 1. The highest BCUT2D eigenvalue weighted by Crippen LogP contribution is 2.36. The molecular weight excluding hydrogens is 284 g/mol. The van der Waals surface area contributed by atoms with E-state index in [-0.39, 0.29) is 5.41 Å². The number of fused-ring (bicyclic) bond motifs is 1. The van der Waals surface area contributed by atoms with Crippen molar-refractivity contribution in [1.29, 1.82) is 0 Å². The number of rotatable bonds is 2. The van der Waals surface area contributed by atoms with Gasteiger partial charge >= 0.3 is 6.01 Å². The van der Waals surface area contributed by atoms with Crippen LogP contribution in [-0.4, -0.2) is 21.4 Å². The fourth-order valence-corrected chi connectivity index (χ4v) is 2.77. The summed E-state index contributed by atoms with van der Waals surface area (Å²) < 4.78 is 3.78. The average Bonchev–Trinajstić information content (AvgIpc) is 2.86. The van der Waals surface area contributed by atoms with Crippen LogP contribution in [0, 0.1) is 0 Å². The number of benzene rings is 2. The third-order valence-corrected chi connectivity index (χ3v) is 4.10. The van der Waals surface area contributed by atoms with Gasteiger partial charge in [-0.15, -0.1) is 0 Å². The zero-order valence-corrected chi connectivity index (χ0v) is 14.5. The Balaban J connectivity index is 2.14. The van der Waals surface area contributed by atoms with Gasteiger partial charge in [0, 0.05) is 38.1 Å². The molecular formula is C20H24N2O+2. The van der Waals surface area contributed by atoms with Crippen LogP contribution in [0.15, 0.2) is 48.5 Å². The Labute approximate surface area is 137 Å². The normalized spacial score (nSPS) is 14.3. The lowest BCUT2D eigenvalue weighted by Gasteiger charge is -2.18. The van der Waals surface area contributed by atoms with Crippen molar-refractivity contribution in [2.45, 2.75) is 45.8 Å². The highest BCUT2D eigenvalue weighted by molar-refractivity contribution is 5.74. The Morgan fingerprint density at radius 3 is 1.91 bits per heavy atom. The van der Waals surface area contributed by atoms with Crippen molar-refractivity contribution in [1.82, 2.24) is 4.58 Å². The van der Waals surface area contributed by atoms with Gasteiger partial charge in [0.15, 0.2) is 0 Å². The zero-order valence-electron chi connectivity index (χ0n) is 14.5. The van der Waals surface area contributed by atoms with Crippen molar-refractivity contribution < 1.29 is 9.68 Å². The van der Waals surface area contributed by atoms with Crippen molar-refractivity contribution in [2.75, 3.05) is 0 Å². The lowest BCUT2D eigenvalue weighted by molar-refractivity contribution is -0.575. The summed E-state index contributed by atoms with van der Waals surface area (Å²) in [6, 6.07) is 19.9. The molecule has 3 nitrogen and oxygen atoms in total. The van der Waals surface area contributed by atoms with Crippen LogP contribution in [0.5, 0.6) is 0 Å². The smallest absolute Gasteiger partial charge is 0.334 e. The number of hydrogen-bond acceptors (Lipinski definition) is 1. The first-order valence-electron chi connectivity index (χ1n) is 7.96. The van der Waals surface area contributed by atoms with E-state index < -0.39 is 5.72 Å². The largest absolute Gasteiger partial charge is 0.499 e. The second kappa shape index (κ2) is 5.16. The van der Waals surface area contributed by atoms with Gasteiger partial charge in [-0.1, -0.05) is 49.6 Å². The molecule has 3 rings (SSSR count). The van der Waals surface area contributed by atoms with Gasteiger partial charge in [-0.3, -0.25) is 0 Å². The molecule has 0 radical (unpaired) electrons. The maximum Gasteiger partial charge on any atom is 0.499 e. The summed E-state index contributed by atoms with van der Waals surface area (Å²) in [6.45, 7) is 10.2. The molecule has 0 aromatic heterocycles. The molecule has 3 heteroatoms. The van der Waals surface area contributed by atoms with E-state index in [0.29, 0.717) is 0 Å². The summed E-state index contributed by atoms with van der Waals surface area (Å²) in [6.07, 6.45) is 0. The molecule has 0 aliphatic carbocycles. The van der Waals surface area contributed by atoms with E-state index >= 15 is 0 Å². The molecule has 0 spiro atoms. The first-order chi connectivity index (χ1) is 10.7. The van der Waals surface area contributed by atoms with Crippen LogP contribution in [0.1, 0.15) is 40.2 Å². The number of nitrogens with zero attached hydrogens (tertiary/aromatic N) is 2. The van der Waals surface area contributed by atoms with Crippen LogP contribution in [-0.2, 0) is 5.41 Å². The molecule has 0 atom stereocenters. The van der Waals surface area contributed by atoms with Crippen LogP contribution < -0.4 is 4.58 Å². The molecule has 0 unspecified atom stereocenters. The second-order valence-corrected chi connectivity index (χ2v) is 7.55. The fourth-order valence-electron chi connectivity index (χ4n) is 2.77. The average molecular weight is 308 g/mol.